The summed E-state index contributed by atoms with van der Waals surface area (Å²) in [5, 5.41) is 3.14. The van der Waals surface area contributed by atoms with Crippen molar-refractivity contribution in [1.82, 2.24) is 10.2 Å². The van der Waals surface area contributed by atoms with Crippen LogP contribution in [0, 0.1) is 12.3 Å². The molecular formula is C12H22IN3O2S. The summed E-state index contributed by atoms with van der Waals surface area (Å²) < 4.78 is 23.1. The van der Waals surface area contributed by atoms with E-state index in [4.69, 9.17) is 6.42 Å². The molecule has 0 aromatic heterocycles. The van der Waals surface area contributed by atoms with Crippen LogP contribution in [-0.2, 0) is 9.84 Å². The van der Waals surface area contributed by atoms with Crippen LogP contribution in [0.4, 0.5) is 0 Å². The second kappa shape index (κ2) is 7.33. The summed E-state index contributed by atoms with van der Waals surface area (Å²) in [5.41, 5.74) is 0. The first-order chi connectivity index (χ1) is 8.34. The Hall–Kier alpha value is -0.490. The van der Waals surface area contributed by atoms with Crippen LogP contribution in [0.25, 0.3) is 0 Å². The van der Waals surface area contributed by atoms with Crippen molar-refractivity contribution < 1.29 is 8.42 Å². The third-order valence-corrected chi connectivity index (χ3v) is 5.53. The van der Waals surface area contributed by atoms with E-state index < -0.39 is 14.6 Å². The maximum Gasteiger partial charge on any atom is 0.194 e. The van der Waals surface area contributed by atoms with Crippen LogP contribution < -0.4 is 5.32 Å². The van der Waals surface area contributed by atoms with Crippen LogP contribution >= 0.6 is 24.0 Å². The number of hydrogen-bond donors (Lipinski definition) is 1. The summed E-state index contributed by atoms with van der Waals surface area (Å²) in [6, 6.07) is 0. The first kappa shape index (κ1) is 18.5. The summed E-state index contributed by atoms with van der Waals surface area (Å²) >= 11 is 0. The van der Waals surface area contributed by atoms with Crippen molar-refractivity contribution in [2.45, 2.75) is 25.5 Å². The monoisotopic (exact) mass is 399 g/mol. The van der Waals surface area contributed by atoms with Crippen molar-refractivity contribution in [3.8, 4) is 12.3 Å². The van der Waals surface area contributed by atoms with Gasteiger partial charge < -0.3 is 10.2 Å². The molecule has 1 fully saturated rings. The number of aliphatic imine (C=N–C) groups is 1. The Balaban J connectivity index is 0.00000324. The van der Waals surface area contributed by atoms with E-state index in [0.29, 0.717) is 25.6 Å². The van der Waals surface area contributed by atoms with Crippen molar-refractivity contribution in [3.63, 3.8) is 0 Å². The number of terminal acetylenes is 1. The Bertz CT molecular complexity index is 466. The standard InChI is InChI=1S/C12H21N3O2S.HI/c1-5-7-14-11(13-6-2)15-8-9-18(16,17)12(3,4)10-15;/h1H,6-10H2,2-4H3,(H,13,14);1H. The molecule has 1 aliphatic rings. The molecule has 1 rings (SSSR count). The molecule has 0 radical (unpaired) electrons. The van der Waals surface area contributed by atoms with Gasteiger partial charge in [-0.25, -0.2) is 13.4 Å². The molecule has 0 amide bonds. The quantitative estimate of drug-likeness (QED) is 0.322. The first-order valence-electron chi connectivity index (χ1n) is 6.03. The minimum atomic E-state index is -3.03. The zero-order chi connectivity index (χ0) is 13.8. The van der Waals surface area contributed by atoms with E-state index in [0.717, 1.165) is 6.54 Å². The maximum atomic E-state index is 11.9. The average Bonchev–Trinajstić information content (AvgIpc) is 2.28. The van der Waals surface area contributed by atoms with Gasteiger partial charge in [0.2, 0.25) is 0 Å². The molecule has 5 nitrogen and oxygen atoms in total. The molecule has 0 aromatic rings. The van der Waals surface area contributed by atoms with Crippen molar-refractivity contribution in [2.24, 2.45) is 4.99 Å². The fraction of sp³-hybridized carbons (Fsp3) is 0.750. The van der Waals surface area contributed by atoms with Gasteiger partial charge in [-0.3, -0.25) is 0 Å². The van der Waals surface area contributed by atoms with Gasteiger partial charge in [0.25, 0.3) is 0 Å². The first-order valence-corrected chi connectivity index (χ1v) is 7.68. The van der Waals surface area contributed by atoms with Gasteiger partial charge >= 0.3 is 0 Å². The Morgan fingerprint density at radius 3 is 2.63 bits per heavy atom. The molecule has 0 spiro atoms. The largest absolute Gasteiger partial charge is 0.356 e. The fourth-order valence-electron chi connectivity index (χ4n) is 1.87. The molecule has 0 bridgehead atoms. The van der Waals surface area contributed by atoms with Crippen molar-refractivity contribution in [2.75, 3.05) is 31.9 Å². The van der Waals surface area contributed by atoms with E-state index in [9.17, 15) is 8.42 Å². The lowest BCUT2D eigenvalue weighted by Gasteiger charge is -2.39. The van der Waals surface area contributed by atoms with E-state index in [-0.39, 0.29) is 29.7 Å². The van der Waals surface area contributed by atoms with Crippen molar-refractivity contribution >= 4 is 39.8 Å². The summed E-state index contributed by atoms with van der Waals surface area (Å²) in [6.07, 6.45) is 5.20. The smallest absolute Gasteiger partial charge is 0.194 e. The topological polar surface area (TPSA) is 61.8 Å². The number of rotatable bonds is 2. The van der Waals surface area contributed by atoms with E-state index in [2.05, 4.69) is 16.2 Å². The molecule has 0 aromatic carbocycles. The highest BCUT2D eigenvalue weighted by molar-refractivity contribution is 14.0. The third-order valence-electron chi connectivity index (χ3n) is 3.00. The van der Waals surface area contributed by atoms with E-state index in [1.165, 1.54) is 0 Å². The van der Waals surface area contributed by atoms with Crippen LogP contribution in [0.1, 0.15) is 20.8 Å². The maximum absolute atomic E-state index is 11.9. The van der Waals surface area contributed by atoms with Crippen LogP contribution in [0.2, 0.25) is 0 Å². The van der Waals surface area contributed by atoms with Crippen molar-refractivity contribution in [3.05, 3.63) is 0 Å². The van der Waals surface area contributed by atoms with Crippen molar-refractivity contribution in [1.29, 1.82) is 0 Å². The Labute approximate surface area is 133 Å². The van der Waals surface area contributed by atoms with E-state index in [1.54, 1.807) is 13.8 Å². The minimum Gasteiger partial charge on any atom is -0.356 e. The second-order valence-corrected chi connectivity index (χ2v) is 7.62. The highest BCUT2D eigenvalue weighted by Gasteiger charge is 2.40. The number of sulfone groups is 1. The Morgan fingerprint density at radius 2 is 2.16 bits per heavy atom. The molecule has 0 saturated carbocycles. The van der Waals surface area contributed by atoms with Crippen LogP contribution in [-0.4, -0.2) is 56.0 Å². The number of nitrogens with zero attached hydrogens (tertiary/aromatic N) is 2. The summed E-state index contributed by atoms with van der Waals surface area (Å²) in [5.74, 6) is 3.31. The van der Waals surface area contributed by atoms with Crippen LogP contribution in [0.5, 0.6) is 0 Å². The highest BCUT2D eigenvalue weighted by atomic mass is 127. The van der Waals surface area contributed by atoms with Gasteiger partial charge in [0.05, 0.1) is 10.5 Å². The van der Waals surface area contributed by atoms with E-state index in [1.807, 2.05) is 11.8 Å². The zero-order valence-electron chi connectivity index (χ0n) is 11.6. The Morgan fingerprint density at radius 1 is 1.53 bits per heavy atom. The lowest BCUT2D eigenvalue weighted by molar-refractivity contribution is 0.354. The minimum absolute atomic E-state index is 0. The zero-order valence-corrected chi connectivity index (χ0v) is 14.8. The third kappa shape index (κ3) is 4.53. The molecule has 19 heavy (non-hydrogen) atoms. The van der Waals surface area contributed by atoms with Gasteiger partial charge in [0.1, 0.15) is 6.54 Å². The van der Waals surface area contributed by atoms with Gasteiger partial charge in [-0.15, -0.1) is 30.4 Å². The number of hydrogen-bond acceptors (Lipinski definition) is 3. The molecule has 1 N–H and O–H groups in total. The van der Waals surface area contributed by atoms with Gasteiger partial charge in [-0.1, -0.05) is 5.92 Å². The number of guanidine groups is 1. The predicted molar refractivity (Wildman–Crippen MR) is 89.7 cm³/mol. The average molecular weight is 399 g/mol. The molecule has 1 heterocycles. The second-order valence-electron chi connectivity index (χ2n) is 4.87. The highest BCUT2D eigenvalue weighted by Crippen LogP contribution is 2.23. The Kier molecular flexibility index (Phi) is 7.15. The molecule has 110 valence electrons. The SMILES string of the molecule is C#CCN=C(NCC)N1CCS(=O)(=O)C(C)(C)C1.I. The number of halogens is 1. The molecule has 7 heteroatoms. The van der Waals surface area contributed by atoms with Gasteiger partial charge in [0.15, 0.2) is 15.8 Å². The fourth-order valence-corrected chi connectivity index (χ4v) is 3.24. The number of nitrogens with one attached hydrogen (secondary N) is 1. The molecular weight excluding hydrogens is 377 g/mol. The lowest BCUT2D eigenvalue weighted by Crippen LogP contribution is -2.57. The molecule has 1 aliphatic heterocycles. The molecule has 0 atom stereocenters. The van der Waals surface area contributed by atoms with E-state index >= 15 is 0 Å². The normalized spacial score (nSPS) is 21.2. The van der Waals surface area contributed by atoms with Gasteiger partial charge in [-0.2, -0.15) is 0 Å². The molecule has 1 saturated heterocycles. The van der Waals surface area contributed by atoms with Crippen LogP contribution in [0.15, 0.2) is 4.99 Å². The van der Waals surface area contributed by atoms with Gasteiger partial charge in [0, 0.05) is 19.6 Å². The summed E-state index contributed by atoms with van der Waals surface area (Å²) in [4.78, 5) is 6.23. The van der Waals surface area contributed by atoms with Gasteiger partial charge in [-0.05, 0) is 20.8 Å². The summed E-state index contributed by atoms with van der Waals surface area (Å²) in [7, 11) is -3.03. The molecule has 0 aliphatic carbocycles. The predicted octanol–water partition coefficient (Wildman–Crippen LogP) is 0.712. The lowest BCUT2D eigenvalue weighted by atomic mass is 10.2. The van der Waals surface area contributed by atoms with Crippen LogP contribution in [0.3, 0.4) is 0 Å². The summed E-state index contributed by atoms with van der Waals surface area (Å²) in [6.45, 7) is 7.39. The molecule has 0 unspecified atom stereocenters.